The molecular weight excluding hydrogens is 218 g/mol. The third-order valence-corrected chi connectivity index (χ3v) is 2.65. The van der Waals surface area contributed by atoms with Crippen LogP contribution in [0.5, 0.6) is 0 Å². The fourth-order valence-electron chi connectivity index (χ4n) is 1.73. The van der Waals surface area contributed by atoms with E-state index >= 15 is 0 Å². The van der Waals surface area contributed by atoms with E-state index in [9.17, 15) is 4.79 Å². The lowest BCUT2D eigenvalue weighted by Gasteiger charge is -2.23. The van der Waals surface area contributed by atoms with Gasteiger partial charge >= 0.3 is 0 Å². The molecule has 17 heavy (non-hydrogen) atoms. The molecule has 1 amide bonds. The maximum Gasteiger partial charge on any atom is 0.242 e. The van der Waals surface area contributed by atoms with E-state index in [0.29, 0.717) is 11.8 Å². The number of hydrogen-bond donors (Lipinski definition) is 2. The maximum atomic E-state index is 11.6. The highest BCUT2D eigenvalue weighted by Gasteiger charge is 2.21. The van der Waals surface area contributed by atoms with E-state index in [1.165, 1.54) is 0 Å². The van der Waals surface area contributed by atoms with Crippen molar-refractivity contribution >= 4 is 17.7 Å². The van der Waals surface area contributed by atoms with Crippen LogP contribution in [0.4, 0.5) is 11.8 Å². The Kier molecular flexibility index (Phi) is 3.41. The standard InChI is InChI=1S/C11H17N5O/c1-16(2)11-13-7-5-9(15-11)14-8-4-3-6-12-10(8)17/h5,7-8H,3-4,6H2,1-2H3,(H,12,17)(H,13,14,15). The van der Waals surface area contributed by atoms with Gasteiger partial charge in [-0.3, -0.25) is 4.79 Å². The predicted molar refractivity (Wildman–Crippen MR) is 66.0 cm³/mol. The number of aromatic nitrogens is 2. The monoisotopic (exact) mass is 235 g/mol. The van der Waals surface area contributed by atoms with Crippen molar-refractivity contribution in [3.8, 4) is 0 Å². The summed E-state index contributed by atoms with van der Waals surface area (Å²) in [6.45, 7) is 0.768. The minimum absolute atomic E-state index is 0.0428. The van der Waals surface area contributed by atoms with E-state index in [0.717, 1.165) is 19.4 Å². The van der Waals surface area contributed by atoms with Crippen molar-refractivity contribution in [2.24, 2.45) is 0 Å². The number of rotatable bonds is 3. The van der Waals surface area contributed by atoms with Gasteiger partial charge in [-0.1, -0.05) is 0 Å². The smallest absolute Gasteiger partial charge is 0.242 e. The Morgan fingerprint density at radius 2 is 2.35 bits per heavy atom. The highest BCUT2D eigenvalue weighted by atomic mass is 16.2. The first-order valence-corrected chi connectivity index (χ1v) is 5.71. The molecule has 1 aliphatic rings. The summed E-state index contributed by atoms with van der Waals surface area (Å²) in [7, 11) is 3.76. The highest BCUT2D eigenvalue weighted by molar-refractivity contribution is 5.84. The van der Waals surface area contributed by atoms with Crippen molar-refractivity contribution in [1.82, 2.24) is 15.3 Å². The molecule has 1 aromatic heterocycles. The van der Waals surface area contributed by atoms with E-state index in [-0.39, 0.29) is 11.9 Å². The molecule has 6 heteroatoms. The van der Waals surface area contributed by atoms with Crippen LogP contribution in [-0.2, 0) is 4.79 Å². The third kappa shape index (κ3) is 2.83. The molecule has 0 radical (unpaired) electrons. The van der Waals surface area contributed by atoms with Crippen molar-refractivity contribution in [2.45, 2.75) is 18.9 Å². The number of carbonyl (C=O) groups excluding carboxylic acids is 1. The molecule has 0 aliphatic carbocycles. The molecule has 6 nitrogen and oxygen atoms in total. The summed E-state index contributed by atoms with van der Waals surface area (Å²) >= 11 is 0. The van der Waals surface area contributed by atoms with E-state index < -0.39 is 0 Å². The summed E-state index contributed by atoms with van der Waals surface area (Å²) in [5.74, 6) is 1.36. The molecule has 0 aromatic carbocycles. The van der Waals surface area contributed by atoms with Gasteiger partial charge in [-0.05, 0) is 18.9 Å². The Morgan fingerprint density at radius 3 is 3.06 bits per heavy atom. The second-order valence-corrected chi connectivity index (χ2v) is 4.27. The molecule has 1 aromatic rings. The lowest BCUT2D eigenvalue weighted by atomic mass is 10.1. The summed E-state index contributed by atoms with van der Waals surface area (Å²) in [6, 6.07) is 1.59. The molecule has 1 unspecified atom stereocenters. The Labute approximate surface area is 100 Å². The number of hydrogen-bond acceptors (Lipinski definition) is 5. The first-order chi connectivity index (χ1) is 8.16. The zero-order valence-corrected chi connectivity index (χ0v) is 10.1. The van der Waals surface area contributed by atoms with Crippen molar-refractivity contribution in [3.63, 3.8) is 0 Å². The van der Waals surface area contributed by atoms with Crippen LogP contribution in [0.3, 0.4) is 0 Å². The van der Waals surface area contributed by atoms with Crippen LogP contribution in [0.1, 0.15) is 12.8 Å². The van der Waals surface area contributed by atoms with E-state index in [4.69, 9.17) is 0 Å². The molecule has 2 rings (SSSR count). The summed E-state index contributed by atoms with van der Waals surface area (Å²) < 4.78 is 0. The third-order valence-electron chi connectivity index (χ3n) is 2.65. The minimum atomic E-state index is -0.186. The van der Waals surface area contributed by atoms with Gasteiger partial charge in [0.25, 0.3) is 0 Å². The van der Waals surface area contributed by atoms with E-state index in [2.05, 4.69) is 20.6 Å². The largest absolute Gasteiger partial charge is 0.358 e. The molecule has 0 bridgehead atoms. The lowest BCUT2D eigenvalue weighted by molar-refractivity contribution is -0.123. The zero-order valence-electron chi connectivity index (χ0n) is 10.1. The van der Waals surface area contributed by atoms with Gasteiger partial charge in [0.15, 0.2) is 0 Å². The van der Waals surface area contributed by atoms with Crippen LogP contribution in [0, 0.1) is 0 Å². The first-order valence-electron chi connectivity index (χ1n) is 5.71. The predicted octanol–water partition coefficient (Wildman–Crippen LogP) is 0.233. The number of anilines is 2. The van der Waals surface area contributed by atoms with Crippen LogP contribution in [-0.4, -0.2) is 42.6 Å². The first kappa shape index (κ1) is 11.6. The van der Waals surface area contributed by atoms with Gasteiger partial charge in [0, 0.05) is 26.8 Å². The summed E-state index contributed by atoms with van der Waals surface area (Å²) in [5, 5.41) is 5.97. The quantitative estimate of drug-likeness (QED) is 0.785. The lowest BCUT2D eigenvalue weighted by Crippen LogP contribution is -2.44. The summed E-state index contributed by atoms with van der Waals surface area (Å²) in [6.07, 6.45) is 3.52. The molecule has 1 fully saturated rings. The molecule has 1 atom stereocenters. The van der Waals surface area contributed by atoms with Gasteiger partial charge in [0.05, 0.1) is 0 Å². The number of amides is 1. The minimum Gasteiger partial charge on any atom is -0.358 e. The summed E-state index contributed by atoms with van der Waals surface area (Å²) in [4.78, 5) is 21.9. The fourth-order valence-corrected chi connectivity index (χ4v) is 1.73. The molecule has 92 valence electrons. The highest BCUT2D eigenvalue weighted by Crippen LogP contribution is 2.12. The van der Waals surface area contributed by atoms with Crippen molar-refractivity contribution < 1.29 is 4.79 Å². The van der Waals surface area contributed by atoms with Crippen LogP contribution in [0.2, 0.25) is 0 Å². The Balaban J connectivity index is 2.07. The van der Waals surface area contributed by atoms with Crippen LogP contribution in [0.25, 0.3) is 0 Å². The van der Waals surface area contributed by atoms with Gasteiger partial charge in [0.2, 0.25) is 11.9 Å². The molecular formula is C11H17N5O. The van der Waals surface area contributed by atoms with Crippen molar-refractivity contribution in [2.75, 3.05) is 30.9 Å². The maximum absolute atomic E-state index is 11.6. The Hall–Kier alpha value is -1.85. The van der Waals surface area contributed by atoms with E-state index in [1.807, 2.05) is 19.0 Å². The average molecular weight is 235 g/mol. The summed E-state index contributed by atoms with van der Waals surface area (Å²) in [5.41, 5.74) is 0. The zero-order chi connectivity index (χ0) is 12.3. The normalized spacial score (nSPS) is 19.6. The molecule has 2 heterocycles. The molecule has 0 spiro atoms. The number of carbonyl (C=O) groups is 1. The van der Waals surface area contributed by atoms with Crippen LogP contribution >= 0.6 is 0 Å². The Morgan fingerprint density at radius 1 is 1.53 bits per heavy atom. The van der Waals surface area contributed by atoms with Gasteiger partial charge in [-0.15, -0.1) is 0 Å². The fraction of sp³-hybridized carbons (Fsp3) is 0.545. The van der Waals surface area contributed by atoms with E-state index in [1.54, 1.807) is 12.3 Å². The van der Waals surface area contributed by atoms with Gasteiger partial charge in [0.1, 0.15) is 11.9 Å². The van der Waals surface area contributed by atoms with Crippen molar-refractivity contribution in [1.29, 1.82) is 0 Å². The van der Waals surface area contributed by atoms with Crippen molar-refractivity contribution in [3.05, 3.63) is 12.3 Å². The average Bonchev–Trinajstić information content (AvgIpc) is 2.32. The van der Waals surface area contributed by atoms with Gasteiger partial charge in [-0.25, -0.2) is 4.98 Å². The van der Waals surface area contributed by atoms with Crippen LogP contribution < -0.4 is 15.5 Å². The Bertz CT molecular complexity index is 407. The van der Waals surface area contributed by atoms with Gasteiger partial charge in [-0.2, -0.15) is 4.98 Å². The number of piperidine rings is 1. The van der Waals surface area contributed by atoms with Crippen LogP contribution in [0.15, 0.2) is 12.3 Å². The number of nitrogens with zero attached hydrogens (tertiary/aromatic N) is 3. The molecule has 2 N–H and O–H groups in total. The SMILES string of the molecule is CN(C)c1nccc(NC2CCCNC2=O)n1. The molecule has 0 saturated carbocycles. The molecule has 1 aliphatic heterocycles. The molecule has 1 saturated heterocycles. The topological polar surface area (TPSA) is 70.2 Å². The second-order valence-electron chi connectivity index (χ2n) is 4.27. The number of nitrogens with one attached hydrogen (secondary N) is 2. The second kappa shape index (κ2) is 4.99. The van der Waals surface area contributed by atoms with Gasteiger partial charge < -0.3 is 15.5 Å².